The molecule has 2 aliphatic heterocycles. The first-order valence-electron chi connectivity index (χ1n) is 8.49. The van der Waals surface area contributed by atoms with Gasteiger partial charge < -0.3 is 20.2 Å². The van der Waals surface area contributed by atoms with Crippen molar-refractivity contribution in [2.24, 2.45) is 11.8 Å². The summed E-state index contributed by atoms with van der Waals surface area (Å²) in [7, 11) is 0. The fourth-order valence-corrected chi connectivity index (χ4v) is 3.47. The second-order valence-corrected chi connectivity index (χ2v) is 6.87. The Hall–Kier alpha value is -0.810. The molecule has 0 radical (unpaired) electrons. The summed E-state index contributed by atoms with van der Waals surface area (Å²) in [6.45, 7) is 9.83. The number of nitrogens with one attached hydrogen (secondary N) is 1. The van der Waals surface area contributed by atoms with Crippen LogP contribution < -0.4 is 5.32 Å². The minimum atomic E-state index is -0.316. The highest BCUT2D eigenvalue weighted by atomic mass is 16.3. The lowest BCUT2D eigenvalue weighted by Gasteiger charge is -2.30. The van der Waals surface area contributed by atoms with E-state index in [-0.39, 0.29) is 18.1 Å². The van der Waals surface area contributed by atoms with Crippen molar-refractivity contribution in [1.29, 1.82) is 0 Å². The summed E-state index contributed by atoms with van der Waals surface area (Å²) in [5.74, 6) is 1.06. The number of carbonyl (C=O) groups excluding carboxylic acids is 1. The fraction of sp³-hybridized carbons (Fsp3) is 0.938. The van der Waals surface area contributed by atoms with E-state index in [4.69, 9.17) is 0 Å². The predicted octanol–water partition coefficient (Wildman–Crippen LogP) is 1.52. The van der Waals surface area contributed by atoms with E-state index in [1.165, 1.54) is 25.9 Å². The second kappa shape index (κ2) is 7.99. The summed E-state index contributed by atoms with van der Waals surface area (Å²) < 4.78 is 0. The average molecular weight is 297 g/mol. The standard InChI is InChI=1S/C16H31N3O2/c1-13-5-3-8-18(11-13)9-4-7-17-16(21)19-10-6-15(12-19)14(2)20/h13-15,20H,3-12H2,1-2H3,(H,17,21)/t13-,14-,15+/m1/s1. The molecule has 0 aromatic rings. The molecule has 2 saturated heterocycles. The van der Waals surface area contributed by atoms with Gasteiger partial charge in [0.1, 0.15) is 0 Å². The van der Waals surface area contributed by atoms with E-state index < -0.39 is 0 Å². The topological polar surface area (TPSA) is 55.8 Å². The zero-order valence-electron chi connectivity index (χ0n) is 13.6. The predicted molar refractivity (Wildman–Crippen MR) is 84.2 cm³/mol. The van der Waals surface area contributed by atoms with Crippen LogP contribution in [0.25, 0.3) is 0 Å². The first-order chi connectivity index (χ1) is 10.1. The Bertz CT molecular complexity index is 335. The molecule has 0 aromatic heterocycles. The maximum Gasteiger partial charge on any atom is 0.317 e. The number of likely N-dealkylation sites (tertiary alicyclic amines) is 2. The molecule has 0 aliphatic carbocycles. The second-order valence-electron chi connectivity index (χ2n) is 6.87. The van der Waals surface area contributed by atoms with Crippen LogP contribution in [0.3, 0.4) is 0 Å². The maximum absolute atomic E-state index is 12.0. The zero-order valence-corrected chi connectivity index (χ0v) is 13.6. The number of aliphatic hydroxyl groups is 1. The van der Waals surface area contributed by atoms with Gasteiger partial charge in [0.15, 0.2) is 0 Å². The molecule has 5 heteroatoms. The SMILES string of the molecule is C[C@@H]1CCCN(CCCNC(=O)N2CC[C@H]([C@@H](C)O)C2)C1. The molecule has 2 rings (SSSR count). The molecule has 3 atom stereocenters. The zero-order chi connectivity index (χ0) is 15.2. The van der Waals surface area contributed by atoms with Gasteiger partial charge >= 0.3 is 6.03 Å². The maximum atomic E-state index is 12.0. The smallest absolute Gasteiger partial charge is 0.317 e. The number of rotatable bonds is 5. The molecule has 21 heavy (non-hydrogen) atoms. The van der Waals surface area contributed by atoms with E-state index >= 15 is 0 Å². The van der Waals surface area contributed by atoms with Gasteiger partial charge in [0.05, 0.1) is 6.10 Å². The Morgan fingerprint density at radius 3 is 2.81 bits per heavy atom. The number of hydrogen-bond acceptors (Lipinski definition) is 3. The van der Waals surface area contributed by atoms with Crippen LogP contribution in [-0.4, -0.2) is 66.3 Å². The monoisotopic (exact) mass is 297 g/mol. The summed E-state index contributed by atoms with van der Waals surface area (Å²) in [4.78, 5) is 16.4. The lowest BCUT2D eigenvalue weighted by molar-refractivity contribution is 0.129. The van der Waals surface area contributed by atoms with Crippen LogP contribution in [0.5, 0.6) is 0 Å². The molecular formula is C16H31N3O2. The van der Waals surface area contributed by atoms with Gasteiger partial charge in [-0.05, 0) is 51.6 Å². The molecule has 2 N–H and O–H groups in total. The van der Waals surface area contributed by atoms with Crippen molar-refractivity contribution in [3.05, 3.63) is 0 Å². The highest BCUT2D eigenvalue weighted by Crippen LogP contribution is 2.19. The molecule has 0 saturated carbocycles. The Morgan fingerprint density at radius 1 is 1.33 bits per heavy atom. The lowest BCUT2D eigenvalue weighted by Crippen LogP contribution is -2.41. The molecule has 5 nitrogen and oxygen atoms in total. The number of nitrogens with zero attached hydrogens (tertiary/aromatic N) is 2. The van der Waals surface area contributed by atoms with Gasteiger partial charge in [-0.3, -0.25) is 0 Å². The van der Waals surface area contributed by atoms with Gasteiger partial charge in [-0.1, -0.05) is 6.92 Å². The van der Waals surface area contributed by atoms with Crippen molar-refractivity contribution in [1.82, 2.24) is 15.1 Å². The summed E-state index contributed by atoms with van der Waals surface area (Å²) in [5, 5.41) is 12.6. The normalized spacial score (nSPS) is 28.6. The van der Waals surface area contributed by atoms with Crippen molar-refractivity contribution in [3.8, 4) is 0 Å². The third kappa shape index (κ3) is 5.15. The first-order valence-corrected chi connectivity index (χ1v) is 8.49. The van der Waals surface area contributed by atoms with Crippen LogP contribution >= 0.6 is 0 Å². The van der Waals surface area contributed by atoms with Gasteiger partial charge in [0, 0.05) is 32.1 Å². The van der Waals surface area contributed by atoms with Gasteiger partial charge in [0.25, 0.3) is 0 Å². The highest BCUT2D eigenvalue weighted by Gasteiger charge is 2.28. The minimum Gasteiger partial charge on any atom is -0.393 e. The number of amides is 2. The number of aliphatic hydroxyl groups excluding tert-OH is 1. The lowest BCUT2D eigenvalue weighted by atomic mass is 10.0. The Kier molecular flexibility index (Phi) is 6.30. The summed E-state index contributed by atoms with van der Waals surface area (Å²) in [5.41, 5.74) is 0. The Balaban J connectivity index is 1.57. The van der Waals surface area contributed by atoms with Crippen LogP contribution in [0.2, 0.25) is 0 Å². The van der Waals surface area contributed by atoms with Crippen LogP contribution in [0, 0.1) is 11.8 Å². The molecule has 122 valence electrons. The molecule has 0 spiro atoms. The van der Waals surface area contributed by atoms with Crippen molar-refractivity contribution >= 4 is 6.03 Å². The van der Waals surface area contributed by atoms with E-state index in [1.807, 2.05) is 11.8 Å². The molecule has 2 fully saturated rings. The van der Waals surface area contributed by atoms with Crippen molar-refractivity contribution in [2.75, 3.05) is 39.3 Å². The highest BCUT2D eigenvalue weighted by molar-refractivity contribution is 5.74. The van der Waals surface area contributed by atoms with Gasteiger partial charge in [0.2, 0.25) is 0 Å². The van der Waals surface area contributed by atoms with Crippen LogP contribution in [0.4, 0.5) is 4.79 Å². The minimum absolute atomic E-state index is 0.0326. The third-order valence-electron chi connectivity index (χ3n) is 4.86. The van der Waals surface area contributed by atoms with E-state index in [2.05, 4.69) is 17.1 Å². The van der Waals surface area contributed by atoms with Crippen molar-refractivity contribution in [3.63, 3.8) is 0 Å². The summed E-state index contributed by atoms with van der Waals surface area (Å²) >= 11 is 0. The van der Waals surface area contributed by atoms with Crippen molar-refractivity contribution < 1.29 is 9.90 Å². The Labute approximate surface area is 128 Å². The largest absolute Gasteiger partial charge is 0.393 e. The summed E-state index contributed by atoms with van der Waals surface area (Å²) in [6.07, 6.45) is 4.28. The molecule has 0 bridgehead atoms. The van der Waals surface area contributed by atoms with Gasteiger partial charge in [-0.25, -0.2) is 4.79 Å². The average Bonchev–Trinajstić information content (AvgIpc) is 2.93. The summed E-state index contributed by atoms with van der Waals surface area (Å²) in [6, 6.07) is 0.0326. The quantitative estimate of drug-likeness (QED) is 0.757. The molecule has 2 heterocycles. The molecule has 2 amide bonds. The van der Waals surface area contributed by atoms with Gasteiger partial charge in [-0.2, -0.15) is 0 Å². The molecule has 2 aliphatic rings. The van der Waals surface area contributed by atoms with Crippen LogP contribution in [-0.2, 0) is 0 Å². The number of urea groups is 1. The molecule has 0 aromatic carbocycles. The number of piperidine rings is 1. The Morgan fingerprint density at radius 2 is 2.14 bits per heavy atom. The van der Waals surface area contributed by atoms with Crippen molar-refractivity contribution in [2.45, 2.75) is 45.6 Å². The van der Waals surface area contributed by atoms with Crippen LogP contribution in [0.15, 0.2) is 0 Å². The number of carbonyl (C=O) groups is 1. The van der Waals surface area contributed by atoms with E-state index in [0.717, 1.165) is 38.4 Å². The number of hydrogen-bond donors (Lipinski definition) is 2. The van der Waals surface area contributed by atoms with Gasteiger partial charge in [-0.15, -0.1) is 0 Å². The van der Waals surface area contributed by atoms with E-state index in [1.54, 1.807) is 0 Å². The molecule has 0 unspecified atom stereocenters. The molecular weight excluding hydrogens is 266 g/mol. The van der Waals surface area contributed by atoms with E-state index in [0.29, 0.717) is 6.54 Å². The van der Waals surface area contributed by atoms with E-state index in [9.17, 15) is 9.90 Å². The first kappa shape index (κ1) is 16.6. The third-order valence-corrected chi connectivity index (χ3v) is 4.86. The fourth-order valence-electron chi connectivity index (χ4n) is 3.47. The van der Waals surface area contributed by atoms with Crippen LogP contribution in [0.1, 0.15) is 39.5 Å².